The highest BCUT2D eigenvalue weighted by Gasteiger charge is 2.23. The van der Waals surface area contributed by atoms with E-state index < -0.39 is 0 Å². The molecule has 3 rings (SSSR count). The largest absolute Gasteiger partial charge is 0.249 e. The first kappa shape index (κ1) is 14.8. The molecule has 1 heterocycles. The first-order chi connectivity index (χ1) is 10.5. The summed E-state index contributed by atoms with van der Waals surface area (Å²) in [5.41, 5.74) is 6.69. The van der Waals surface area contributed by atoms with Gasteiger partial charge >= 0.3 is 0 Å². The zero-order valence-electron chi connectivity index (χ0n) is 14.2. The average Bonchev–Trinajstić information content (AvgIpc) is 2.84. The highest BCUT2D eigenvalue weighted by molar-refractivity contribution is 5.75. The van der Waals surface area contributed by atoms with Crippen LogP contribution in [-0.2, 0) is 7.05 Å². The molecule has 2 heteroatoms. The van der Waals surface area contributed by atoms with Crippen molar-refractivity contribution in [2.24, 2.45) is 7.05 Å². The zero-order chi connectivity index (χ0) is 15.9. The van der Waals surface area contributed by atoms with Crippen LogP contribution in [0.4, 0.5) is 0 Å². The van der Waals surface area contributed by atoms with E-state index in [1.54, 1.807) is 0 Å². The first-order valence-electron chi connectivity index (χ1n) is 8.09. The van der Waals surface area contributed by atoms with Gasteiger partial charge < -0.3 is 0 Å². The number of hydrogen-bond donors (Lipinski definition) is 0. The summed E-state index contributed by atoms with van der Waals surface area (Å²) in [6.07, 6.45) is 2.21. The lowest BCUT2D eigenvalue weighted by Gasteiger charge is -2.16. The smallest absolute Gasteiger partial charge is 0.232 e. The minimum absolute atomic E-state index is 0.500. The van der Waals surface area contributed by atoms with Gasteiger partial charge in [-0.3, -0.25) is 0 Å². The van der Waals surface area contributed by atoms with Gasteiger partial charge in [-0.2, -0.15) is 4.57 Å². The summed E-state index contributed by atoms with van der Waals surface area (Å²) in [5, 5.41) is 0. The summed E-state index contributed by atoms with van der Waals surface area (Å²) in [7, 11) is 2.12. The molecule has 0 aliphatic carbocycles. The number of imidazole rings is 1. The van der Waals surface area contributed by atoms with Crippen LogP contribution in [0.25, 0.3) is 16.7 Å². The minimum Gasteiger partial charge on any atom is -0.232 e. The third kappa shape index (κ3) is 2.33. The Morgan fingerprint density at radius 1 is 0.818 bits per heavy atom. The predicted octanol–water partition coefficient (Wildman–Crippen LogP) is 4.70. The monoisotopic (exact) mass is 293 g/mol. The number of rotatable bonds is 3. The molecule has 0 saturated heterocycles. The van der Waals surface area contributed by atoms with E-state index in [9.17, 15) is 0 Å². The Balaban J connectivity index is 2.39. The molecule has 114 valence electrons. The lowest BCUT2D eigenvalue weighted by Crippen LogP contribution is -2.25. The first-order valence-corrected chi connectivity index (χ1v) is 8.09. The maximum absolute atomic E-state index is 2.36. The fourth-order valence-corrected chi connectivity index (χ4v) is 3.23. The van der Waals surface area contributed by atoms with E-state index in [2.05, 4.69) is 92.7 Å². The van der Waals surface area contributed by atoms with E-state index in [0.29, 0.717) is 11.8 Å². The summed E-state index contributed by atoms with van der Waals surface area (Å²) in [6, 6.07) is 15.3. The van der Waals surface area contributed by atoms with Gasteiger partial charge in [0.2, 0.25) is 6.33 Å². The standard InChI is InChI=1S/C20H25N2/c1-14(2)16-9-8-10-17(15(3)4)20(16)22-13-21(5)18-11-6-7-12-19(18)22/h6-15H,1-5H3/q+1. The lowest BCUT2D eigenvalue weighted by atomic mass is 9.92. The van der Waals surface area contributed by atoms with Gasteiger partial charge in [0.1, 0.15) is 5.69 Å². The molecule has 3 aromatic rings. The minimum atomic E-state index is 0.500. The predicted molar refractivity (Wildman–Crippen MR) is 92.6 cm³/mol. The van der Waals surface area contributed by atoms with Gasteiger partial charge in [-0.1, -0.05) is 58.0 Å². The van der Waals surface area contributed by atoms with Gasteiger partial charge in [-0.25, -0.2) is 4.57 Å². The molecule has 22 heavy (non-hydrogen) atoms. The molecule has 0 unspecified atom stereocenters. The Morgan fingerprint density at radius 3 is 2.00 bits per heavy atom. The number of benzene rings is 2. The molecule has 0 aliphatic rings. The van der Waals surface area contributed by atoms with E-state index in [1.807, 2.05) is 0 Å². The molecule has 0 saturated carbocycles. The Labute approximate surface area is 133 Å². The van der Waals surface area contributed by atoms with Crippen LogP contribution in [0.5, 0.6) is 0 Å². The van der Waals surface area contributed by atoms with E-state index in [4.69, 9.17) is 0 Å². The number of para-hydroxylation sites is 3. The van der Waals surface area contributed by atoms with Crippen LogP contribution >= 0.6 is 0 Å². The maximum atomic E-state index is 2.36. The second-order valence-electron chi connectivity index (χ2n) is 6.68. The van der Waals surface area contributed by atoms with Gasteiger partial charge in [0.05, 0.1) is 7.05 Å². The summed E-state index contributed by atoms with van der Waals surface area (Å²) in [5.74, 6) is 1.00. The Kier molecular flexibility index (Phi) is 3.78. The van der Waals surface area contributed by atoms with Gasteiger partial charge in [0.15, 0.2) is 11.0 Å². The molecule has 0 spiro atoms. The molecule has 0 radical (unpaired) electrons. The van der Waals surface area contributed by atoms with Crippen molar-refractivity contribution in [1.29, 1.82) is 0 Å². The number of fused-ring (bicyclic) bond motifs is 1. The van der Waals surface area contributed by atoms with Gasteiger partial charge in [0.25, 0.3) is 0 Å². The van der Waals surface area contributed by atoms with E-state index >= 15 is 0 Å². The molecule has 2 nitrogen and oxygen atoms in total. The molecule has 0 amide bonds. The summed E-state index contributed by atoms with van der Waals surface area (Å²) in [6.45, 7) is 9.09. The SMILES string of the molecule is CC(C)c1cccc(C(C)C)c1-n1c[n+](C)c2ccccc21. The Hall–Kier alpha value is -2.09. The van der Waals surface area contributed by atoms with Crippen LogP contribution in [0.1, 0.15) is 50.7 Å². The third-order valence-electron chi connectivity index (χ3n) is 4.39. The highest BCUT2D eigenvalue weighted by atomic mass is 15.1. The molecule has 0 bridgehead atoms. The van der Waals surface area contributed by atoms with E-state index in [1.165, 1.54) is 27.8 Å². The molecule has 1 aromatic heterocycles. The second kappa shape index (κ2) is 5.60. The van der Waals surface area contributed by atoms with E-state index in [0.717, 1.165) is 0 Å². The molecular formula is C20H25N2+. The van der Waals surface area contributed by atoms with Crippen molar-refractivity contribution in [2.75, 3.05) is 0 Å². The van der Waals surface area contributed by atoms with Gasteiger partial charge in [-0.05, 0) is 24.0 Å². The molecule has 0 N–H and O–H groups in total. The van der Waals surface area contributed by atoms with E-state index in [-0.39, 0.29) is 0 Å². The fraction of sp³-hybridized carbons (Fsp3) is 0.350. The Morgan fingerprint density at radius 2 is 1.41 bits per heavy atom. The number of hydrogen-bond acceptors (Lipinski definition) is 0. The van der Waals surface area contributed by atoms with Gasteiger partial charge in [-0.15, -0.1) is 0 Å². The van der Waals surface area contributed by atoms with Crippen LogP contribution in [0.3, 0.4) is 0 Å². The second-order valence-corrected chi connectivity index (χ2v) is 6.68. The fourth-order valence-electron chi connectivity index (χ4n) is 3.23. The maximum Gasteiger partial charge on any atom is 0.249 e. The van der Waals surface area contributed by atoms with Crippen molar-refractivity contribution in [2.45, 2.75) is 39.5 Å². The molecule has 0 aliphatic heterocycles. The zero-order valence-corrected chi connectivity index (χ0v) is 14.2. The number of aryl methyl sites for hydroxylation is 1. The topological polar surface area (TPSA) is 8.81 Å². The average molecular weight is 293 g/mol. The normalized spacial score (nSPS) is 11.8. The van der Waals surface area contributed by atoms with Gasteiger partial charge in [0, 0.05) is 11.1 Å². The van der Waals surface area contributed by atoms with Crippen molar-refractivity contribution in [1.82, 2.24) is 4.57 Å². The van der Waals surface area contributed by atoms with Crippen LogP contribution in [0.15, 0.2) is 48.8 Å². The van der Waals surface area contributed by atoms with Crippen LogP contribution in [0.2, 0.25) is 0 Å². The summed E-state index contributed by atoms with van der Waals surface area (Å²) < 4.78 is 4.57. The Bertz CT molecular complexity index is 783. The highest BCUT2D eigenvalue weighted by Crippen LogP contribution is 2.32. The quantitative estimate of drug-likeness (QED) is 0.619. The van der Waals surface area contributed by atoms with Crippen molar-refractivity contribution < 1.29 is 4.57 Å². The lowest BCUT2D eigenvalue weighted by molar-refractivity contribution is -0.645. The number of nitrogens with zero attached hydrogens (tertiary/aromatic N) is 2. The molecule has 0 atom stereocenters. The van der Waals surface area contributed by atoms with Crippen molar-refractivity contribution in [3.8, 4) is 5.69 Å². The van der Waals surface area contributed by atoms with Crippen molar-refractivity contribution in [3.63, 3.8) is 0 Å². The van der Waals surface area contributed by atoms with Crippen molar-refractivity contribution in [3.05, 3.63) is 59.9 Å². The summed E-state index contributed by atoms with van der Waals surface area (Å²) >= 11 is 0. The van der Waals surface area contributed by atoms with Crippen LogP contribution in [0, 0.1) is 0 Å². The number of aromatic nitrogens is 2. The molecule has 0 fully saturated rings. The summed E-state index contributed by atoms with van der Waals surface area (Å²) in [4.78, 5) is 0. The molecular weight excluding hydrogens is 268 g/mol. The van der Waals surface area contributed by atoms with Crippen LogP contribution < -0.4 is 4.57 Å². The van der Waals surface area contributed by atoms with Crippen LogP contribution in [-0.4, -0.2) is 4.57 Å². The van der Waals surface area contributed by atoms with Crippen molar-refractivity contribution >= 4 is 11.0 Å². The third-order valence-corrected chi connectivity index (χ3v) is 4.39. The molecule has 2 aromatic carbocycles.